The lowest BCUT2D eigenvalue weighted by Gasteiger charge is -2.40. The summed E-state index contributed by atoms with van der Waals surface area (Å²) in [4.78, 5) is 27.0. The number of carbonyl (C=O) groups is 1. The van der Waals surface area contributed by atoms with Gasteiger partial charge in [0.05, 0.1) is 5.03 Å². The molecule has 2 fully saturated rings. The molecule has 3 aromatic rings. The number of aromatic nitrogens is 1. The Hall–Kier alpha value is -2.33. The van der Waals surface area contributed by atoms with E-state index >= 15 is 0 Å². The van der Waals surface area contributed by atoms with Crippen LogP contribution in [0.3, 0.4) is 0 Å². The van der Waals surface area contributed by atoms with Crippen molar-refractivity contribution in [1.82, 2.24) is 15.4 Å². The standard InChI is InChI=1S/C26H25ClN4O2S3/c27-17-10-8-14(9-11-17)20-21-15-6-7-16(12-15)22(21)35-24-23(20)36-26(33)31(24)13-19(32)29-30-25(34)28-18-4-2-1-3-5-18/h1-5,8-11,15-16,20-22H,6-7,12-13H2,(H,29,32)(H2,28,30,34)/t15-,16+,20+,21+,22+/m1/s1. The van der Waals surface area contributed by atoms with Crippen LogP contribution in [0.5, 0.6) is 0 Å². The molecule has 186 valence electrons. The highest BCUT2D eigenvalue weighted by atomic mass is 35.5. The Labute approximate surface area is 227 Å². The molecule has 6 nitrogen and oxygen atoms in total. The molecule has 0 saturated heterocycles. The fourth-order valence-electron chi connectivity index (χ4n) is 6.12. The van der Waals surface area contributed by atoms with Crippen LogP contribution in [0.25, 0.3) is 0 Å². The number of benzene rings is 2. The van der Waals surface area contributed by atoms with Gasteiger partial charge in [-0.05, 0) is 79.1 Å². The molecule has 1 amide bonds. The van der Waals surface area contributed by atoms with Crippen molar-refractivity contribution in [2.75, 3.05) is 5.32 Å². The van der Waals surface area contributed by atoms with Crippen molar-refractivity contribution in [3.05, 3.63) is 79.7 Å². The predicted molar refractivity (Wildman–Crippen MR) is 150 cm³/mol. The van der Waals surface area contributed by atoms with E-state index in [9.17, 15) is 9.59 Å². The Morgan fingerprint density at radius 1 is 1.06 bits per heavy atom. The van der Waals surface area contributed by atoms with Crippen molar-refractivity contribution in [1.29, 1.82) is 0 Å². The fraction of sp³-hybridized carbons (Fsp3) is 0.346. The molecule has 2 saturated carbocycles. The number of nitrogens with zero attached hydrogens (tertiary/aromatic N) is 1. The van der Waals surface area contributed by atoms with Crippen molar-refractivity contribution in [3.8, 4) is 0 Å². The van der Waals surface area contributed by atoms with Crippen LogP contribution in [-0.2, 0) is 11.3 Å². The van der Waals surface area contributed by atoms with Gasteiger partial charge in [0.2, 0.25) is 0 Å². The first-order chi connectivity index (χ1) is 17.5. The van der Waals surface area contributed by atoms with Gasteiger partial charge in [-0.2, -0.15) is 0 Å². The summed E-state index contributed by atoms with van der Waals surface area (Å²) in [6.07, 6.45) is 3.79. The minimum absolute atomic E-state index is 0.0581. The zero-order chi connectivity index (χ0) is 24.8. The molecular formula is C26H25ClN4O2S3. The van der Waals surface area contributed by atoms with Crippen molar-refractivity contribution in [2.45, 2.75) is 42.0 Å². The Balaban J connectivity index is 1.23. The van der Waals surface area contributed by atoms with Crippen LogP contribution in [0.15, 0.2) is 64.4 Å². The fourth-order valence-corrected chi connectivity index (χ4v) is 9.57. The maximum Gasteiger partial charge on any atom is 0.308 e. The van der Waals surface area contributed by atoms with Crippen molar-refractivity contribution in [3.63, 3.8) is 0 Å². The average Bonchev–Trinajstić information content (AvgIpc) is 3.57. The second kappa shape index (κ2) is 9.85. The van der Waals surface area contributed by atoms with Gasteiger partial charge in [-0.1, -0.05) is 53.3 Å². The molecule has 10 heteroatoms. The molecule has 2 aromatic carbocycles. The Morgan fingerprint density at radius 3 is 2.58 bits per heavy atom. The summed E-state index contributed by atoms with van der Waals surface area (Å²) in [6.45, 7) is -0.0581. The van der Waals surface area contributed by atoms with Gasteiger partial charge in [-0.15, -0.1) is 11.8 Å². The molecule has 2 aliphatic carbocycles. The first kappa shape index (κ1) is 24.0. The Bertz CT molecular complexity index is 1360. The molecule has 0 radical (unpaired) electrons. The minimum Gasteiger partial charge on any atom is -0.331 e. The van der Waals surface area contributed by atoms with Gasteiger partial charge in [-0.25, -0.2) is 0 Å². The highest BCUT2D eigenvalue weighted by molar-refractivity contribution is 8.00. The molecular weight excluding hydrogens is 532 g/mol. The summed E-state index contributed by atoms with van der Waals surface area (Å²) in [5.41, 5.74) is 7.38. The largest absolute Gasteiger partial charge is 0.331 e. The molecule has 36 heavy (non-hydrogen) atoms. The SMILES string of the molecule is O=C(Cn1c2c(sc1=O)[C@@H](c1ccc(Cl)cc1)[C@@H]1[C@@H]3CC[C@@H](C3)[C@@H]1S2)NNC(=S)Nc1ccccc1. The number of halogens is 1. The molecule has 6 rings (SSSR count). The Kier molecular flexibility index (Phi) is 6.58. The second-order valence-corrected chi connectivity index (χ2v) is 12.6. The lowest BCUT2D eigenvalue weighted by atomic mass is 9.75. The van der Waals surface area contributed by atoms with Gasteiger partial charge in [-0.3, -0.25) is 25.0 Å². The molecule has 3 N–H and O–H groups in total. The maximum atomic E-state index is 13.2. The minimum atomic E-state index is -0.325. The van der Waals surface area contributed by atoms with Gasteiger partial charge in [0.25, 0.3) is 5.91 Å². The predicted octanol–water partition coefficient (Wildman–Crippen LogP) is 5.23. The smallest absolute Gasteiger partial charge is 0.308 e. The van der Waals surface area contributed by atoms with Crippen molar-refractivity contribution < 1.29 is 4.79 Å². The number of fused-ring (bicyclic) bond motifs is 6. The summed E-state index contributed by atoms with van der Waals surface area (Å²) in [6, 6.07) is 17.5. The van der Waals surface area contributed by atoms with Crippen molar-refractivity contribution >= 4 is 63.6 Å². The number of rotatable bonds is 4. The third-order valence-electron chi connectivity index (χ3n) is 7.57. The summed E-state index contributed by atoms with van der Waals surface area (Å²) >= 11 is 14.6. The van der Waals surface area contributed by atoms with E-state index in [1.54, 1.807) is 4.57 Å². The normalized spacial score (nSPS) is 25.6. The number of para-hydroxylation sites is 1. The molecule has 0 unspecified atom stereocenters. The topological polar surface area (TPSA) is 75.2 Å². The summed E-state index contributed by atoms with van der Waals surface area (Å²) in [7, 11) is 0. The molecule has 5 atom stereocenters. The number of hydrazine groups is 1. The Morgan fingerprint density at radius 2 is 1.81 bits per heavy atom. The van der Waals surface area contributed by atoms with E-state index in [2.05, 4.69) is 28.3 Å². The zero-order valence-corrected chi connectivity index (χ0v) is 22.5. The third kappa shape index (κ3) is 4.47. The van der Waals surface area contributed by atoms with E-state index in [4.69, 9.17) is 23.8 Å². The monoisotopic (exact) mass is 556 g/mol. The van der Waals surface area contributed by atoms with Gasteiger partial charge in [0.15, 0.2) is 5.11 Å². The molecule has 1 aromatic heterocycles. The number of hydrogen-bond donors (Lipinski definition) is 3. The van der Waals surface area contributed by atoms with Gasteiger partial charge in [0.1, 0.15) is 6.54 Å². The second-order valence-electron chi connectivity index (χ2n) is 9.64. The van der Waals surface area contributed by atoms with E-state index in [0.29, 0.717) is 28.0 Å². The number of anilines is 1. The average molecular weight is 557 g/mol. The molecule has 2 bridgehead atoms. The third-order valence-corrected chi connectivity index (χ3v) is 10.9. The van der Waals surface area contributed by atoms with E-state index in [-0.39, 0.29) is 28.4 Å². The van der Waals surface area contributed by atoms with Gasteiger partial charge in [0, 0.05) is 26.8 Å². The van der Waals surface area contributed by atoms with Crippen LogP contribution in [0, 0.1) is 17.8 Å². The van der Waals surface area contributed by atoms with Crippen LogP contribution in [0.4, 0.5) is 5.69 Å². The summed E-state index contributed by atoms with van der Waals surface area (Å²) < 4.78 is 1.64. The van der Waals surface area contributed by atoms with E-state index < -0.39 is 0 Å². The van der Waals surface area contributed by atoms with Crippen LogP contribution in [0.2, 0.25) is 5.02 Å². The summed E-state index contributed by atoms with van der Waals surface area (Å²) in [5, 5.41) is 5.41. The molecule has 1 aliphatic heterocycles. The highest BCUT2D eigenvalue weighted by Gasteiger charge is 2.55. The van der Waals surface area contributed by atoms with E-state index in [1.807, 2.05) is 54.2 Å². The zero-order valence-electron chi connectivity index (χ0n) is 19.3. The van der Waals surface area contributed by atoms with E-state index in [0.717, 1.165) is 15.6 Å². The quantitative estimate of drug-likeness (QED) is 0.302. The highest BCUT2D eigenvalue weighted by Crippen LogP contribution is 2.64. The number of hydrogen-bond acceptors (Lipinski definition) is 5. The van der Waals surface area contributed by atoms with Crippen LogP contribution >= 0.6 is 46.9 Å². The first-order valence-corrected chi connectivity index (χ1v) is 14.5. The number of thiazole rings is 1. The number of carbonyl (C=O) groups excluding carboxylic acids is 1. The summed E-state index contributed by atoms with van der Waals surface area (Å²) in [5.74, 6) is 1.73. The number of thioether (sulfide) groups is 1. The van der Waals surface area contributed by atoms with Crippen LogP contribution in [-0.4, -0.2) is 20.8 Å². The maximum absolute atomic E-state index is 13.2. The first-order valence-electron chi connectivity index (χ1n) is 12.0. The van der Waals surface area contributed by atoms with Gasteiger partial charge < -0.3 is 5.32 Å². The van der Waals surface area contributed by atoms with E-state index in [1.165, 1.54) is 36.2 Å². The number of nitrogens with one attached hydrogen (secondary N) is 3. The molecule has 3 aliphatic rings. The number of thiocarbonyl (C=S) groups is 1. The lowest BCUT2D eigenvalue weighted by Crippen LogP contribution is -2.45. The van der Waals surface area contributed by atoms with Crippen LogP contribution in [0.1, 0.15) is 35.6 Å². The number of amides is 1. The molecule has 2 heterocycles. The lowest BCUT2D eigenvalue weighted by molar-refractivity contribution is -0.122. The van der Waals surface area contributed by atoms with Crippen LogP contribution < -0.4 is 21.0 Å². The molecule has 0 spiro atoms. The van der Waals surface area contributed by atoms with Crippen molar-refractivity contribution in [2.24, 2.45) is 17.8 Å². The van der Waals surface area contributed by atoms with Gasteiger partial charge >= 0.3 is 4.87 Å².